The largest absolute Gasteiger partial charge is 0.465 e. The molecule has 10 heteroatoms. The normalized spacial score (nSPS) is 10.5. The van der Waals surface area contributed by atoms with E-state index in [0.29, 0.717) is 12.0 Å². The van der Waals surface area contributed by atoms with Crippen molar-refractivity contribution >= 4 is 34.2 Å². The average Bonchev–Trinajstić information content (AvgIpc) is 3.24. The summed E-state index contributed by atoms with van der Waals surface area (Å²) < 4.78 is 16.3. The van der Waals surface area contributed by atoms with Crippen LogP contribution in [0.25, 0.3) is 0 Å². The van der Waals surface area contributed by atoms with E-state index in [0.717, 1.165) is 11.3 Å². The first kappa shape index (κ1) is 20.6. The van der Waals surface area contributed by atoms with Crippen molar-refractivity contribution in [3.8, 4) is 0 Å². The Hall–Kier alpha value is -2.72. The van der Waals surface area contributed by atoms with Crippen LogP contribution in [0.5, 0.6) is 0 Å². The van der Waals surface area contributed by atoms with E-state index in [1.165, 1.54) is 25.0 Å². The van der Waals surface area contributed by atoms with Crippen molar-refractivity contribution in [3.63, 3.8) is 0 Å². The third-order valence-electron chi connectivity index (χ3n) is 3.52. The van der Waals surface area contributed by atoms with Crippen molar-refractivity contribution < 1.29 is 28.6 Å². The van der Waals surface area contributed by atoms with Crippen LogP contribution in [0.4, 0.5) is 5.00 Å². The summed E-state index contributed by atoms with van der Waals surface area (Å²) in [5.74, 6) is -1.72. The Morgan fingerprint density at radius 1 is 1.26 bits per heavy atom. The third-order valence-corrected chi connectivity index (χ3v) is 4.71. The van der Waals surface area contributed by atoms with Gasteiger partial charge in [0.1, 0.15) is 16.6 Å². The highest BCUT2D eigenvalue weighted by Crippen LogP contribution is 2.34. The lowest BCUT2D eigenvalue weighted by Crippen LogP contribution is -2.16. The van der Waals surface area contributed by atoms with Crippen molar-refractivity contribution in [2.24, 2.45) is 0 Å². The molecule has 2 aromatic heterocycles. The van der Waals surface area contributed by atoms with Crippen LogP contribution in [-0.4, -0.2) is 48.5 Å². The number of nitrogens with one attached hydrogen (secondary N) is 1. The molecule has 0 saturated carbocycles. The number of esters is 2. The molecule has 27 heavy (non-hydrogen) atoms. The molecule has 0 radical (unpaired) electrons. The van der Waals surface area contributed by atoms with E-state index < -0.39 is 17.8 Å². The molecular weight excluding hydrogens is 374 g/mol. The molecule has 0 aliphatic rings. The summed E-state index contributed by atoms with van der Waals surface area (Å²) >= 11 is 0.954. The van der Waals surface area contributed by atoms with Crippen molar-refractivity contribution in [3.05, 3.63) is 34.0 Å². The Labute approximate surface area is 160 Å². The average molecular weight is 395 g/mol. The van der Waals surface area contributed by atoms with E-state index in [4.69, 9.17) is 14.2 Å². The van der Waals surface area contributed by atoms with Gasteiger partial charge in [0.05, 0.1) is 19.3 Å². The molecule has 0 aromatic carbocycles. The standard InChI is InChI=1S/C17H21N3O6S/c1-5-8-26-16(22)12-10(2)13(17(23)25-4)27-15(12)18-14(21)11-6-7-20(19-11)9-24-3/h6-7H,5,8-9H2,1-4H3,(H,18,21). The molecule has 0 bridgehead atoms. The first-order valence-corrected chi connectivity index (χ1v) is 8.97. The van der Waals surface area contributed by atoms with Gasteiger partial charge in [-0.25, -0.2) is 14.3 Å². The number of methoxy groups -OCH3 is 2. The van der Waals surface area contributed by atoms with Crippen LogP contribution in [-0.2, 0) is 20.9 Å². The van der Waals surface area contributed by atoms with Gasteiger partial charge in [-0.15, -0.1) is 11.3 Å². The van der Waals surface area contributed by atoms with Crippen molar-refractivity contribution in [2.45, 2.75) is 27.0 Å². The van der Waals surface area contributed by atoms with Crippen molar-refractivity contribution in [2.75, 3.05) is 26.1 Å². The van der Waals surface area contributed by atoms with E-state index in [2.05, 4.69) is 10.4 Å². The highest BCUT2D eigenvalue weighted by molar-refractivity contribution is 7.18. The van der Waals surface area contributed by atoms with Gasteiger partial charge in [-0.3, -0.25) is 4.79 Å². The van der Waals surface area contributed by atoms with Crippen molar-refractivity contribution in [1.29, 1.82) is 0 Å². The molecule has 0 aliphatic carbocycles. The van der Waals surface area contributed by atoms with Gasteiger partial charge in [0.15, 0.2) is 5.69 Å². The summed E-state index contributed by atoms with van der Waals surface area (Å²) in [6.45, 7) is 3.91. The first-order chi connectivity index (χ1) is 12.9. The number of carbonyl (C=O) groups excluding carboxylic acids is 3. The zero-order chi connectivity index (χ0) is 20.0. The molecule has 0 unspecified atom stereocenters. The molecule has 0 fully saturated rings. The van der Waals surface area contributed by atoms with Crippen LogP contribution >= 0.6 is 11.3 Å². The summed E-state index contributed by atoms with van der Waals surface area (Å²) in [6.07, 6.45) is 2.24. The summed E-state index contributed by atoms with van der Waals surface area (Å²) in [5.41, 5.74) is 0.678. The van der Waals surface area contributed by atoms with Crippen LogP contribution < -0.4 is 5.32 Å². The lowest BCUT2D eigenvalue weighted by Gasteiger charge is -2.07. The number of rotatable bonds is 8. The third kappa shape index (κ3) is 4.72. The minimum absolute atomic E-state index is 0.138. The SMILES string of the molecule is CCCOC(=O)c1c(NC(=O)c2ccn(COC)n2)sc(C(=O)OC)c1C. The second kappa shape index (κ2) is 9.28. The maximum atomic E-state index is 12.5. The molecule has 9 nitrogen and oxygen atoms in total. The van der Waals surface area contributed by atoms with Gasteiger partial charge in [0.2, 0.25) is 0 Å². The van der Waals surface area contributed by atoms with Gasteiger partial charge in [0.25, 0.3) is 5.91 Å². The minimum atomic E-state index is -0.610. The molecule has 2 heterocycles. The van der Waals surface area contributed by atoms with Gasteiger partial charge in [-0.05, 0) is 25.0 Å². The Balaban J connectivity index is 2.33. The summed E-state index contributed by atoms with van der Waals surface area (Å²) in [4.78, 5) is 37.1. The van der Waals surface area contributed by atoms with Crippen LogP contribution in [0.2, 0.25) is 0 Å². The van der Waals surface area contributed by atoms with Gasteiger partial charge in [-0.1, -0.05) is 6.92 Å². The molecule has 0 saturated heterocycles. The number of aromatic nitrogens is 2. The Morgan fingerprint density at radius 3 is 2.63 bits per heavy atom. The predicted molar refractivity (Wildman–Crippen MR) is 98.2 cm³/mol. The quantitative estimate of drug-likeness (QED) is 0.684. The molecular formula is C17H21N3O6S. The van der Waals surface area contributed by atoms with Crippen molar-refractivity contribution in [1.82, 2.24) is 9.78 Å². The van der Waals surface area contributed by atoms with E-state index in [9.17, 15) is 14.4 Å². The van der Waals surface area contributed by atoms with E-state index >= 15 is 0 Å². The van der Waals surface area contributed by atoms with Gasteiger partial charge in [-0.2, -0.15) is 5.10 Å². The van der Waals surface area contributed by atoms with E-state index in [1.54, 1.807) is 13.1 Å². The van der Waals surface area contributed by atoms with Crippen LogP contribution in [0.3, 0.4) is 0 Å². The fourth-order valence-corrected chi connectivity index (χ4v) is 3.36. The number of amides is 1. The molecule has 1 amide bonds. The number of ether oxygens (including phenoxy) is 3. The second-order valence-electron chi connectivity index (χ2n) is 5.50. The molecule has 0 atom stereocenters. The molecule has 2 rings (SSSR count). The zero-order valence-corrected chi connectivity index (χ0v) is 16.3. The topological polar surface area (TPSA) is 109 Å². The summed E-state index contributed by atoms with van der Waals surface area (Å²) in [7, 11) is 2.76. The van der Waals surface area contributed by atoms with Crippen LogP contribution in [0.1, 0.15) is 49.4 Å². The maximum absolute atomic E-state index is 12.5. The highest BCUT2D eigenvalue weighted by Gasteiger charge is 2.27. The van der Waals surface area contributed by atoms with Crippen LogP contribution in [0.15, 0.2) is 12.3 Å². The number of carbonyl (C=O) groups is 3. The Bertz CT molecular complexity index is 842. The number of anilines is 1. The van der Waals surface area contributed by atoms with E-state index in [-0.39, 0.29) is 34.5 Å². The molecule has 146 valence electrons. The smallest absolute Gasteiger partial charge is 0.348 e. The van der Waals surface area contributed by atoms with Crippen LogP contribution in [0, 0.1) is 6.92 Å². The zero-order valence-electron chi connectivity index (χ0n) is 15.5. The number of nitrogens with zero attached hydrogens (tertiary/aromatic N) is 2. The van der Waals surface area contributed by atoms with Gasteiger partial charge < -0.3 is 19.5 Å². The predicted octanol–water partition coefficient (Wildman–Crippen LogP) is 2.46. The first-order valence-electron chi connectivity index (χ1n) is 8.15. The summed E-state index contributed by atoms with van der Waals surface area (Å²) in [6, 6.07) is 1.52. The van der Waals surface area contributed by atoms with Gasteiger partial charge in [0, 0.05) is 13.3 Å². The second-order valence-corrected chi connectivity index (χ2v) is 6.52. The minimum Gasteiger partial charge on any atom is -0.465 e. The highest BCUT2D eigenvalue weighted by atomic mass is 32.1. The number of thiophene rings is 1. The molecule has 0 aliphatic heterocycles. The monoisotopic (exact) mass is 395 g/mol. The number of hydrogen-bond donors (Lipinski definition) is 1. The lowest BCUT2D eigenvalue weighted by atomic mass is 10.1. The summed E-state index contributed by atoms with van der Waals surface area (Å²) in [5, 5.41) is 6.92. The number of hydrogen-bond acceptors (Lipinski definition) is 8. The fraction of sp³-hybridized carbons (Fsp3) is 0.412. The molecule has 1 N–H and O–H groups in total. The Kier molecular flexibility index (Phi) is 7.08. The molecule has 2 aromatic rings. The fourth-order valence-electron chi connectivity index (χ4n) is 2.26. The maximum Gasteiger partial charge on any atom is 0.348 e. The molecule has 0 spiro atoms. The van der Waals surface area contributed by atoms with E-state index in [1.807, 2.05) is 6.92 Å². The lowest BCUT2D eigenvalue weighted by molar-refractivity contribution is 0.0506. The van der Waals surface area contributed by atoms with Gasteiger partial charge >= 0.3 is 11.9 Å². The Morgan fingerprint density at radius 2 is 2.00 bits per heavy atom.